The van der Waals surface area contributed by atoms with Crippen LogP contribution in [0, 0.1) is 12.8 Å². The van der Waals surface area contributed by atoms with Crippen molar-refractivity contribution in [1.29, 1.82) is 0 Å². The highest BCUT2D eigenvalue weighted by atomic mass is 16.4. The van der Waals surface area contributed by atoms with Gasteiger partial charge in [-0.25, -0.2) is 4.79 Å². The van der Waals surface area contributed by atoms with E-state index >= 15 is 0 Å². The minimum Gasteiger partial charge on any atom is -0.508 e. The van der Waals surface area contributed by atoms with E-state index in [4.69, 9.17) is 4.42 Å². The molecule has 0 saturated heterocycles. The first-order valence-corrected chi connectivity index (χ1v) is 8.61. The maximum absolute atomic E-state index is 12.0. The first kappa shape index (κ1) is 17.2. The number of rotatable bonds is 5. The van der Waals surface area contributed by atoms with Gasteiger partial charge in [-0.15, -0.1) is 0 Å². The van der Waals surface area contributed by atoms with E-state index in [1.54, 1.807) is 19.1 Å². The fourth-order valence-corrected chi connectivity index (χ4v) is 3.31. The molecule has 3 rings (SSSR count). The standard InChI is InChI=1S/C21H23NO3/c1-13(2)20(15-7-5-4-6-8-15)22-12-16-11-19(24)25-21-14(3)18(23)10-9-17(16)21/h4-11,13,20,22-23H,12H2,1-3H3/p+1/t20-/m1/s1. The first-order valence-electron chi connectivity index (χ1n) is 8.61. The van der Waals surface area contributed by atoms with Gasteiger partial charge in [0.1, 0.15) is 23.9 Å². The first-order chi connectivity index (χ1) is 12.0. The Morgan fingerprint density at radius 1 is 1.12 bits per heavy atom. The van der Waals surface area contributed by atoms with Crippen molar-refractivity contribution in [2.45, 2.75) is 33.4 Å². The summed E-state index contributed by atoms with van der Waals surface area (Å²) in [6.45, 7) is 6.83. The van der Waals surface area contributed by atoms with E-state index in [1.807, 2.05) is 12.1 Å². The smallest absolute Gasteiger partial charge is 0.336 e. The number of nitrogens with two attached hydrogens (primary N) is 1. The number of phenols is 1. The molecular formula is C21H24NO3+. The van der Waals surface area contributed by atoms with Gasteiger partial charge in [0.2, 0.25) is 0 Å². The fraction of sp³-hybridized carbons (Fsp3) is 0.286. The molecule has 0 radical (unpaired) electrons. The second-order valence-corrected chi connectivity index (χ2v) is 6.80. The van der Waals surface area contributed by atoms with Crippen LogP contribution < -0.4 is 10.9 Å². The molecule has 130 valence electrons. The van der Waals surface area contributed by atoms with Crippen LogP contribution in [0.4, 0.5) is 0 Å². The molecule has 4 nitrogen and oxygen atoms in total. The minimum absolute atomic E-state index is 0.140. The lowest BCUT2D eigenvalue weighted by atomic mass is 9.95. The van der Waals surface area contributed by atoms with E-state index in [0.29, 0.717) is 29.7 Å². The molecule has 3 N–H and O–H groups in total. The Morgan fingerprint density at radius 2 is 1.84 bits per heavy atom. The van der Waals surface area contributed by atoms with Crippen molar-refractivity contribution >= 4 is 11.0 Å². The second-order valence-electron chi connectivity index (χ2n) is 6.80. The zero-order valence-corrected chi connectivity index (χ0v) is 14.8. The quantitative estimate of drug-likeness (QED) is 0.702. The Kier molecular flexibility index (Phi) is 4.91. The monoisotopic (exact) mass is 338 g/mol. The van der Waals surface area contributed by atoms with Crippen molar-refractivity contribution in [2.75, 3.05) is 0 Å². The molecule has 0 aliphatic carbocycles. The number of aromatic hydroxyl groups is 1. The van der Waals surface area contributed by atoms with Gasteiger partial charge in [-0.2, -0.15) is 0 Å². The van der Waals surface area contributed by atoms with E-state index in [0.717, 1.165) is 10.9 Å². The summed E-state index contributed by atoms with van der Waals surface area (Å²) in [6.07, 6.45) is 0. The van der Waals surface area contributed by atoms with Gasteiger partial charge in [-0.1, -0.05) is 44.2 Å². The van der Waals surface area contributed by atoms with Crippen LogP contribution in [0.2, 0.25) is 0 Å². The lowest BCUT2D eigenvalue weighted by molar-refractivity contribution is -0.716. The summed E-state index contributed by atoms with van der Waals surface area (Å²) in [5.41, 5.74) is 2.89. The molecule has 0 unspecified atom stereocenters. The van der Waals surface area contributed by atoms with Crippen LogP contribution >= 0.6 is 0 Å². The van der Waals surface area contributed by atoms with Gasteiger partial charge >= 0.3 is 5.63 Å². The van der Waals surface area contributed by atoms with Gasteiger partial charge in [0.25, 0.3) is 0 Å². The van der Waals surface area contributed by atoms with Crippen LogP contribution in [0.15, 0.2) is 57.7 Å². The number of fused-ring (bicyclic) bond motifs is 1. The van der Waals surface area contributed by atoms with Crippen LogP contribution in [0.3, 0.4) is 0 Å². The van der Waals surface area contributed by atoms with Crippen LogP contribution in [0.1, 0.15) is 36.6 Å². The molecule has 1 atom stereocenters. The molecule has 25 heavy (non-hydrogen) atoms. The Labute approximate surface area is 147 Å². The Bertz CT molecular complexity index is 929. The molecule has 1 heterocycles. The van der Waals surface area contributed by atoms with Crippen molar-refractivity contribution in [3.05, 3.63) is 75.6 Å². The van der Waals surface area contributed by atoms with Crippen LogP contribution in [0.5, 0.6) is 5.75 Å². The van der Waals surface area contributed by atoms with Gasteiger partial charge < -0.3 is 14.8 Å². The largest absolute Gasteiger partial charge is 0.508 e. The lowest BCUT2D eigenvalue weighted by Gasteiger charge is -2.20. The summed E-state index contributed by atoms with van der Waals surface area (Å²) >= 11 is 0. The van der Waals surface area contributed by atoms with Crippen molar-refractivity contribution in [3.8, 4) is 5.75 Å². The molecule has 4 heteroatoms. The van der Waals surface area contributed by atoms with Crippen LogP contribution in [0.25, 0.3) is 11.0 Å². The number of quaternary nitrogens is 1. The third kappa shape index (κ3) is 3.59. The van der Waals surface area contributed by atoms with E-state index in [9.17, 15) is 9.90 Å². The summed E-state index contributed by atoms with van der Waals surface area (Å²) in [7, 11) is 0. The summed E-state index contributed by atoms with van der Waals surface area (Å²) < 4.78 is 5.32. The highest BCUT2D eigenvalue weighted by Gasteiger charge is 2.20. The van der Waals surface area contributed by atoms with Crippen molar-refractivity contribution in [2.24, 2.45) is 5.92 Å². The second kappa shape index (κ2) is 7.11. The van der Waals surface area contributed by atoms with Gasteiger partial charge in [-0.3, -0.25) is 0 Å². The molecular weight excluding hydrogens is 314 g/mol. The molecule has 0 bridgehead atoms. The molecule has 0 spiro atoms. The third-order valence-electron chi connectivity index (χ3n) is 4.71. The van der Waals surface area contributed by atoms with Gasteiger partial charge in [0.05, 0.1) is 0 Å². The summed E-state index contributed by atoms with van der Waals surface area (Å²) in [6, 6.07) is 15.7. The van der Waals surface area contributed by atoms with E-state index in [2.05, 4.69) is 43.4 Å². The molecule has 0 amide bonds. The van der Waals surface area contributed by atoms with Gasteiger partial charge in [0.15, 0.2) is 0 Å². The van der Waals surface area contributed by atoms with Crippen molar-refractivity contribution in [3.63, 3.8) is 0 Å². The third-order valence-corrected chi connectivity index (χ3v) is 4.71. The van der Waals surface area contributed by atoms with Gasteiger partial charge in [-0.05, 0) is 19.1 Å². The summed E-state index contributed by atoms with van der Waals surface area (Å²) in [5.74, 6) is 0.598. The van der Waals surface area contributed by atoms with E-state index in [-0.39, 0.29) is 11.4 Å². The topological polar surface area (TPSA) is 67.1 Å². The fourth-order valence-electron chi connectivity index (χ4n) is 3.31. The molecule has 0 aliphatic rings. The number of aryl methyl sites for hydroxylation is 1. The van der Waals surface area contributed by atoms with Crippen LogP contribution in [-0.4, -0.2) is 5.11 Å². The normalized spacial score (nSPS) is 12.6. The number of benzene rings is 2. The van der Waals surface area contributed by atoms with Crippen LogP contribution in [-0.2, 0) is 6.54 Å². The lowest BCUT2D eigenvalue weighted by Crippen LogP contribution is -2.84. The Morgan fingerprint density at radius 3 is 2.52 bits per heavy atom. The molecule has 0 fully saturated rings. The van der Waals surface area contributed by atoms with Crippen molar-refractivity contribution < 1.29 is 14.8 Å². The molecule has 2 aromatic carbocycles. The zero-order valence-electron chi connectivity index (χ0n) is 14.8. The number of hydrogen-bond donors (Lipinski definition) is 2. The average molecular weight is 338 g/mol. The Hall–Kier alpha value is -2.59. The maximum atomic E-state index is 12.0. The summed E-state index contributed by atoms with van der Waals surface area (Å²) in [4.78, 5) is 12.0. The highest BCUT2D eigenvalue weighted by Crippen LogP contribution is 2.27. The predicted octanol–water partition coefficient (Wildman–Crippen LogP) is 3.27. The minimum atomic E-state index is -0.384. The zero-order chi connectivity index (χ0) is 18.0. The van der Waals surface area contributed by atoms with E-state index in [1.165, 1.54) is 5.56 Å². The van der Waals surface area contributed by atoms with E-state index < -0.39 is 0 Å². The average Bonchev–Trinajstić information content (AvgIpc) is 2.59. The summed E-state index contributed by atoms with van der Waals surface area (Å²) in [5, 5.41) is 13.0. The predicted molar refractivity (Wildman–Crippen MR) is 98.5 cm³/mol. The molecule has 0 aliphatic heterocycles. The molecule has 1 aromatic heterocycles. The SMILES string of the molecule is Cc1c(O)ccc2c(C[NH2+][C@@H](c3ccccc3)C(C)C)cc(=O)oc12. The highest BCUT2D eigenvalue weighted by molar-refractivity contribution is 5.84. The molecule has 3 aromatic rings. The number of hydrogen-bond acceptors (Lipinski definition) is 3. The maximum Gasteiger partial charge on any atom is 0.336 e. The number of phenolic OH excluding ortho intramolecular Hbond substituents is 1. The van der Waals surface area contributed by atoms with Crippen molar-refractivity contribution in [1.82, 2.24) is 0 Å². The van der Waals surface area contributed by atoms with Gasteiger partial charge in [0, 0.05) is 34.1 Å². The molecule has 0 saturated carbocycles. The Balaban J connectivity index is 1.95.